The van der Waals surface area contributed by atoms with Gasteiger partial charge in [0.1, 0.15) is 11.3 Å². The molecule has 4 aromatic heterocycles. The second-order valence-electron chi connectivity index (χ2n) is 10.0. The van der Waals surface area contributed by atoms with E-state index in [1.807, 2.05) is 54.9 Å². The van der Waals surface area contributed by atoms with Gasteiger partial charge in [0.2, 0.25) is 0 Å². The summed E-state index contributed by atoms with van der Waals surface area (Å²) < 4.78 is 5.42. The first-order valence-electron chi connectivity index (χ1n) is 13.7. The predicted octanol–water partition coefficient (Wildman–Crippen LogP) is 5.24. The molecule has 1 aliphatic heterocycles. The highest BCUT2D eigenvalue weighted by atomic mass is 16.5. The van der Waals surface area contributed by atoms with Gasteiger partial charge in [-0.15, -0.1) is 0 Å². The Morgan fingerprint density at radius 2 is 1.74 bits per heavy atom. The number of hydrogen-bond donors (Lipinski definition) is 3. The SMILES string of the molecule is COc1cccc(-c2nccc3[nH]c(C4=NNCc5ccc(-c6cncc(CNCc7ccccc7)c6)nc54)nc23)c1. The zero-order chi connectivity index (χ0) is 28.3. The Bertz CT molecular complexity index is 1920. The highest BCUT2D eigenvalue weighted by Crippen LogP contribution is 2.29. The molecule has 206 valence electrons. The molecular weight excluding hydrogens is 524 g/mol. The van der Waals surface area contributed by atoms with E-state index >= 15 is 0 Å². The Kier molecular flexibility index (Phi) is 6.83. The number of pyridine rings is 3. The van der Waals surface area contributed by atoms with Crippen LogP contribution in [0.4, 0.5) is 0 Å². The van der Waals surface area contributed by atoms with Gasteiger partial charge in [-0.05, 0) is 41.5 Å². The van der Waals surface area contributed by atoms with Crippen molar-refractivity contribution in [3.05, 3.63) is 126 Å². The summed E-state index contributed by atoms with van der Waals surface area (Å²) in [6.45, 7) is 2.09. The van der Waals surface area contributed by atoms with Crippen molar-refractivity contribution in [2.75, 3.05) is 7.11 Å². The van der Waals surface area contributed by atoms with Gasteiger partial charge >= 0.3 is 0 Å². The van der Waals surface area contributed by atoms with Crippen molar-refractivity contribution in [2.45, 2.75) is 19.6 Å². The molecule has 0 saturated carbocycles. The van der Waals surface area contributed by atoms with Crippen molar-refractivity contribution in [3.8, 4) is 28.3 Å². The lowest BCUT2D eigenvalue weighted by molar-refractivity contribution is 0.415. The third kappa shape index (κ3) is 5.09. The molecule has 9 heteroatoms. The van der Waals surface area contributed by atoms with Crippen molar-refractivity contribution in [1.29, 1.82) is 0 Å². The van der Waals surface area contributed by atoms with Crippen molar-refractivity contribution in [1.82, 2.24) is 35.7 Å². The number of fused-ring (bicyclic) bond motifs is 2. The Morgan fingerprint density at radius 1 is 0.833 bits per heavy atom. The van der Waals surface area contributed by atoms with Gasteiger partial charge in [-0.25, -0.2) is 9.97 Å². The van der Waals surface area contributed by atoms with Gasteiger partial charge in [0.25, 0.3) is 0 Å². The number of rotatable bonds is 8. The maximum absolute atomic E-state index is 5.42. The number of hydrogen-bond acceptors (Lipinski definition) is 8. The molecular formula is C33H28N8O. The summed E-state index contributed by atoms with van der Waals surface area (Å²) >= 11 is 0. The number of nitrogens with zero attached hydrogens (tertiary/aromatic N) is 5. The molecule has 7 rings (SSSR count). The molecule has 0 amide bonds. The lowest BCUT2D eigenvalue weighted by Gasteiger charge is -2.16. The summed E-state index contributed by atoms with van der Waals surface area (Å²) in [5.74, 6) is 1.39. The van der Waals surface area contributed by atoms with E-state index in [1.165, 1.54) is 5.56 Å². The van der Waals surface area contributed by atoms with Gasteiger partial charge in [-0.3, -0.25) is 9.97 Å². The second kappa shape index (κ2) is 11.2. The van der Waals surface area contributed by atoms with Crippen LogP contribution in [0.15, 0.2) is 103 Å². The van der Waals surface area contributed by atoms with Crippen molar-refractivity contribution < 1.29 is 4.74 Å². The fraction of sp³-hybridized carbons (Fsp3) is 0.121. The summed E-state index contributed by atoms with van der Waals surface area (Å²) in [4.78, 5) is 22.6. The van der Waals surface area contributed by atoms with E-state index < -0.39 is 0 Å². The quantitative estimate of drug-likeness (QED) is 0.237. The monoisotopic (exact) mass is 552 g/mol. The van der Waals surface area contributed by atoms with Gasteiger partial charge in [0.15, 0.2) is 11.5 Å². The topological polar surface area (TPSA) is 113 Å². The lowest BCUT2D eigenvalue weighted by atomic mass is 10.0. The molecule has 6 aromatic rings. The molecule has 5 heterocycles. The standard InChI is InChI=1S/C33H28N8O/c1-42-26-9-5-8-23(15-26)29-31-28(12-13-36-29)39-33(40-31)32-30-24(20-37-41-32)10-11-27(38-30)25-14-22(18-35-19-25)17-34-16-21-6-3-2-4-7-21/h2-15,18-19,34,37H,16-17,20H2,1H3,(H,39,40). The first-order valence-corrected chi connectivity index (χ1v) is 13.7. The van der Waals surface area contributed by atoms with Crippen LogP contribution in [0, 0.1) is 0 Å². The molecule has 0 aliphatic carbocycles. The third-order valence-corrected chi connectivity index (χ3v) is 7.22. The van der Waals surface area contributed by atoms with Crippen LogP contribution in [-0.2, 0) is 19.6 Å². The van der Waals surface area contributed by atoms with Crippen LogP contribution in [0.25, 0.3) is 33.5 Å². The summed E-state index contributed by atoms with van der Waals surface area (Å²) in [6, 6.07) is 26.3. The second-order valence-corrected chi connectivity index (χ2v) is 10.0. The van der Waals surface area contributed by atoms with Crippen LogP contribution < -0.4 is 15.5 Å². The molecule has 2 aromatic carbocycles. The minimum atomic E-state index is 0.588. The molecule has 0 fully saturated rings. The number of aromatic nitrogens is 5. The number of imidazole rings is 1. The minimum Gasteiger partial charge on any atom is -0.497 e. The summed E-state index contributed by atoms with van der Waals surface area (Å²) in [5, 5.41) is 8.13. The van der Waals surface area contributed by atoms with E-state index in [4.69, 9.17) is 14.7 Å². The Morgan fingerprint density at radius 3 is 2.64 bits per heavy atom. The molecule has 0 spiro atoms. The molecule has 0 atom stereocenters. The first-order chi connectivity index (χ1) is 20.7. The molecule has 0 unspecified atom stereocenters. The maximum Gasteiger partial charge on any atom is 0.161 e. The largest absolute Gasteiger partial charge is 0.497 e. The highest BCUT2D eigenvalue weighted by Gasteiger charge is 2.23. The summed E-state index contributed by atoms with van der Waals surface area (Å²) in [5.41, 5.74) is 13.0. The Balaban J connectivity index is 1.19. The molecule has 0 saturated heterocycles. The zero-order valence-electron chi connectivity index (χ0n) is 23.0. The maximum atomic E-state index is 5.42. The smallest absolute Gasteiger partial charge is 0.161 e. The van der Waals surface area contributed by atoms with Gasteiger partial charge < -0.3 is 20.5 Å². The van der Waals surface area contributed by atoms with Gasteiger partial charge in [-0.2, -0.15) is 5.10 Å². The number of benzene rings is 2. The number of ether oxygens (including phenoxy) is 1. The molecule has 0 radical (unpaired) electrons. The number of nitrogens with one attached hydrogen (secondary N) is 3. The van der Waals surface area contributed by atoms with E-state index in [2.05, 4.69) is 67.2 Å². The Labute approximate surface area is 242 Å². The van der Waals surface area contributed by atoms with Crippen molar-refractivity contribution in [3.63, 3.8) is 0 Å². The fourth-order valence-corrected chi connectivity index (χ4v) is 5.12. The fourth-order valence-electron chi connectivity index (χ4n) is 5.12. The van der Waals surface area contributed by atoms with Crippen LogP contribution in [0.1, 0.15) is 28.2 Å². The van der Waals surface area contributed by atoms with Crippen LogP contribution in [0.5, 0.6) is 5.75 Å². The molecule has 0 bridgehead atoms. The van der Waals surface area contributed by atoms with E-state index in [-0.39, 0.29) is 0 Å². The van der Waals surface area contributed by atoms with E-state index in [9.17, 15) is 0 Å². The normalized spacial score (nSPS) is 12.5. The van der Waals surface area contributed by atoms with Crippen LogP contribution in [0.2, 0.25) is 0 Å². The minimum absolute atomic E-state index is 0.588. The summed E-state index contributed by atoms with van der Waals surface area (Å²) in [7, 11) is 1.65. The average Bonchev–Trinajstić information content (AvgIpc) is 3.49. The number of aromatic amines is 1. The summed E-state index contributed by atoms with van der Waals surface area (Å²) in [6.07, 6.45) is 5.51. The first kappa shape index (κ1) is 25.6. The third-order valence-electron chi connectivity index (χ3n) is 7.22. The molecule has 42 heavy (non-hydrogen) atoms. The van der Waals surface area contributed by atoms with Crippen LogP contribution in [-0.4, -0.2) is 37.7 Å². The average molecular weight is 553 g/mol. The van der Waals surface area contributed by atoms with Gasteiger partial charge in [0.05, 0.1) is 36.3 Å². The number of H-pyrrole nitrogens is 1. The van der Waals surface area contributed by atoms with Crippen LogP contribution in [0.3, 0.4) is 0 Å². The van der Waals surface area contributed by atoms with E-state index in [1.54, 1.807) is 13.3 Å². The molecule has 9 nitrogen and oxygen atoms in total. The van der Waals surface area contributed by atoms with Crippen molar-refractivity contribution in [2.24, 2.45) is 5.10 Å². The molecule has 1 aliphatic rings. The van der Waals surface area contributed by atoms with Gasteiger partial charge in [-0.1, -0.05) is 48.5 Å². The number of methoxy groups -OCH3 is 1. The zero-order valence-corrected chi connectivity index (χ0v) is 23.0. The van der Waals surface area contributed by atoms with Gasteiger partial charge in [0, 0.05) is 48.4 Å². The lowest BCUT2D eigenvalue weighted by Crippen LogP contribution is -2.23. The predicted molar refractivity (Wildman–Crippen MR) is 163 cm³/mol. The molecule has 3 N–H and O–H groups in total. The Hall–Kier alpha value is -5.41. The highest BCUT2D eigenvalue weighted by molar-refractivity contribution is 6.12. The van der Waals surface area contributed by atoms with Crippen LogP contribution >= 0.6 is 0 Å². The number of hydrazone groups is 1. The van der Waals surface area contributed by atoms with E-state index in [0.717, 1.165) is 62.7 Å². The van der Waals surface area contributed by atoms with E-state index in [0.29, 0.717) is 24.6 Å². The van der Waals surface area contributed by atoms with Crippen molar-refractivity contribution >= 4 is 16.7 Å².